The highest BCUT2D eigenvalue weighted by molar-refractivity contribution is 5.77. The van der Waals surface area contributed by atoms with Crippen LogP contribution >= 0.6 is 0 Å². The van der Waals surface area contributed by atoms with E-state index in [-0.39, 0.29) is 17.3 Å². The molecule has 0 aromatic heterocycles. The Morgan fingerprint density at radius 3 is 2.88 bits per heavy atom. The van der Waals surface area contributed by atoms with Gasteiger partial charge in [-0.25, -0.2) is 0 Å². The van der Waals surface area contributed by atoms with Gasteiger partial charge in [-0.05, 0) is 31.0 Å². The molecule has 0 amide bonds. The third kappa shape index (κ3) is 1.90. The molecular formula is C14H16O3. The SMILES string of the molecule is CC1(C)COc2ccc(OC(=O)C3CC3)cc21. The van der Waals surface area contributed by atoms with Crippen LogP contribution in [0, 0.1) is 5.92 Å². The summed E-state index contributed by atoms with van der Waals surface area (Å²) in [6.07, 6.45) is 1.94. The Morgan fingerprint density at radius 1 is 1.41 bits per heavy atom. The third-order valence-electron chi connectivity index (χ3n) is 3.40. The summed E-state index contributed by atoms with van der Waals surface area (Å²) in [4.78, 5) is 11.6. The molecule has 0 bridgehead atoms. The van der Waals surface area contributed by atoms with Crippen molar-refractivity contribution in [2.45, 2.75) is 32.1 Å². The molecule has 0 saturated heterocycles. The largest absolute Gasteiger partial charge is 0.492 e. The van der Waals surface area contributed by atoms with Crippen molar-refractivity contribution in [3.8, 4) is 11.5 Å². The van der Waals surface area contributed by atoms with Gasteiger partial charge in [-0.3, -0.25) is 4.79 Å². The van der Waals surface area contributed by atoms with Crippen molar-refractivity contribution in [1.82, 2.24) is 0 Å². The minimum atomic E-state index is -0.0957. The third-order valence-corrected chi connectivity index (χ3v) is 3.40. The molecule has 90 valence electrons. The van der Waals surface area contributed by atoms with Gasteiger partial charge in [0.1, 0.15) is 11.5 Å². The summed E-state index contributed by atoms with van der Waals surface area (Å²) in [6.45, 7) is 4.94. The fourth-order valence-corrected chi connectivity index (χ4v) is 2.08. The summed E-state index contributed by atoms with van der Waals surface area (Å²) in [5.74, 6) is 1.58. The number of esters is 1. The molecule has 0 atom stereocenters. The summed E-state index contributed by atoms with van der Waals surface area (Å²) in [5, 5.41) is 0. The van der Waals surface area contributed by atoms with E-state index in [0.29, 0.717) is 12.4 Å². The number of carbonyl (C=O) groups is 1. The number of fused-ring (bicyclic) bond motifs is 1. The average Bonchev–Trinajstić information content (AvgIpc) is 3.07. The van der Waals surface area contributed by atoms with Gasteiger partial charge in [0.05, 0.1) is 12.5 Å². The molecule has 1 heterocycles. The van der Waals surface area contributed by atoms with E-state index in [9.17, 15) is 4.79 Å². The quantitative estimate of drug-likeness (QED) is 0.581. The second kappa shape index (κ2) is 3.49. The van der Waals surface area contributed by atoms with Gasteiger partial charge < -0.3 is 9.47 Å². The standard InChI is InChI=1S/C14H16O3/c1-14(2)8-16-12-6-5-10(7-11(12)14)17-13(15)9-3-4-9/h5-7,9H,3-4,8H2,1-2H3. The van der Waals surface area contributed by atoms with Gasteiger partial charge in [0.25, 0.3) is 0 Å². The lowest BCUT2D eigenvalue weighted by molar-refractivity contribution is -0.135. The first-order valence-corrected chi connectivity index (χ1v) is 6.05. The number of hydrogen-bond donors (Lipinski definition) is 0. The van der Waals surface area contributed by atoms with Crippen LogP contribution in [0.15, 0.2) is 18.2 Å². The molecule has 1 fully saturated rings. The fraction of sp³-hybridized carbons (Fsp3) is 0.500. The van der Waals surface area contributed by atoms with E-state index in [1.54, 1.807) is 6.07 Å². The van der Waals surface area contributed by atoms with Crippen LogP contribution in [0.1, 0.15) is 32.3 Å². The Morgan fingerprint density at radius 2 is 2.18 bits per heavy atom. The molecule has 3 rings (SSSR count). The second-order valence-electron chi connectivity index (χ2n) is 5.53. The first-order chi connectivity index (χ1) is 8.06. The van der Waals surface area contributed by atoms with Crippen LogP contribution in [0.4, 0.5) is 0 Å². The van der Waals surface area contributed by atoms with Gasteiger partial charge in [-0.2, -0.15) is 0 Å². The number of rotatable bonds is 2. The molecule has 17 heavy (non-hydrogen) atoms. The van der Waals surface area contributed by atoms with Gasteiger partial charge in [0.15, 0.2) is 0 Å². The molecule has 1 aromatic rings. The van der Waals surface area contributed by atoms with Crippen LogP contribution in [0.3, 0.4) is 0 Å². The van der Waals surface area contributed by atoms with Gasteiger partial charge in [-0.1, -0.05) is 13.8 Å². The molecule has 1 aliphatic heterocycles. The van der Waals surface area contributed by atoms with Crippen molar-refractivity contribution in [2.24, 2.45) is 5.92 Å². The topological polar surface area (TPSA) is 35.5 Å². The number of ether oxygens (including phenoxy) is 2. The van der Waals surface area contributed by atoms with Gasteiger partial charge >= 0.3 is 5.97 Å². The Bertz CT molecular complexity index is 472. The maximum atomic E-state index is 11.6. The minimum absolute atomic E-state index is 0.00265. The van der Waals surface area contributed by atoms with Crippen LogP contribution in [0.25, 0.3) is 0 Å². The summed E-state index contributed by atoms with van der Waals surface area (Å²) < 4.78 is 11.0. The van der Waals surface area contributed by atoms with E-state index in [4.69, 9.17) is 9.47 Å². The van der Waals surface area contributed by atoms with E-state index in [2.05, 4.69) is 13.8 Å². The summed E-state index contributed by atoms with van der Waals surface area (Å²) in [5.41, 5.74) is 1.12. The Kier molecular flexibility index (Phi) is 2.18. The van der Waals surface area contributed by atoms with Crippen molar-refractivity contribution in [2.75, 3.05) is 6.61 Å². The highest BCUT2D eigenvalue weighted by Crippen LogP contribution is 2.40. The van der Waals surface area contributed by atoms with Crippen molar-refractivity contribution in [3.05, 3.63) is 23.8 Å². The molecule has 0 spiro atoms. The average molecular weight is 232 g/mol. The lowest BCUT2D eigenvalue weighted by Crippen LogP contribution is -2.18. The van der Waals surface area contributed by atoms with Crippen molar-refractivity contribution in [1.29, 1.82) is 0 Å². The summed E-state index contributed by atoms with van der Waals surface area (Å²) >= 11 is 0. The smallest absolute Gasteiger partial charge is 0.314 e. The van der Waals surface area contributed by atoms with Crippen LogP contribution in [0.2, 0.25) is 0 Å². The lowest BCUT2D eigenvalue weighted by atomic mass is 9.87. The highest BCUT2D eigenvalue weighted by Gasteiger charge is 2.34. The minimum Gasteiger partial charge on any atom is -0.492 e. The van der Waals surface area contributed by atoms with Gasteiger partial charge in [0.2, 0.25) is 0 Å². The highest BCUT2D eigenvalue weighted by atomic mass is 16.5. The second-order valence-corrected chi connectivity index (χ2v) is 5.53. The zero-order valence-corrected chi connectivity index (χ0v) is 10.2. The summed E-state index contributed by atoms with van der Waals surface area (Å²) in [6, 6.07) is 5.63. The lowest BCUT2D eigenvalue weighted by Gasteiger charge is -2.15. The van der Waals surface area contributed by atoms with Crippen LogP contribution in [-0.2, 0) is 10.2 Å². The normalized spacial score (nSPS) is 20.6. The van der Waals surface area contributed by atoms with E-state index in [0.717, 1.165) is 24.2 Å². The predicted molar refractivity (Wildman–Crippen MR) is 63.3 cm³/mol. The zero-order chi connectivity index (χ0) is 12.0. The Labute approximate surface area is 101 Å². The van der Waals surface area contributed by atoms with E-state index in [1.807, 2.05) is 12.1 Å². The zero-order valence-electron chi connectivity index (χ0n) is 10.2. The first-order valence-electron chi connectivity index (χ1n) is 6.05. The molecule has 1 aromatic carbocycles. The molecule has 1 aliphatic carbocycles. The van der Waals surface area contributed by atoms with Crippen LogP contribution in [-0.4, -0.2) is 12.6 Å². The maximum absolute atomic E-state index is 11.6. The molecule has 1 saturated carbocycles. The molecule has 0 N–H and O–H groups in total. The molecule has 0 radical (unpaired) electrons. The monoisotopic (exact) mass is 232 g/mol. The molecule has 3 nitrogen and oxygen atoms in total. The Balaban J connectivity index is 1.85. The van der Waals surface area contributed by atoms with E-state index in [1.165, 1.54) is 0 Å². The van der Waals surface area contributed by atoms with Crippen molar-refractivity contribution in [3.63, 3.8) is 0 Å². The number of carbonyl (C=O) groups excluding carboxylic acids is 1. The first kappa shape index (κ1) is 10.6. The molecule has 3 heteroatoms. The number of benzene rings is 1. The fourth-order valence-electron chi connectivity index (χ4n) is 2.08. The summed E-state index contributed by atoms with van der Waals surface area (Å²) in [7, 11) is 0. The number of hydrogen-bond acceptors (Lipinski definition) is 3. The van der Waals surface area contributed by atoms with Crippen molar-refractivity contribution >= 4 is 5.97 Å². The van der Waals surface area contributed by atoms with Crippen molar-refractivity contribution < 1.29 is 14.3 Å². The predicted octanol–water partition coefficient (Wildman–Crippen LogP) is 2.67. The van der Waals surface area contributed by atoms with E-state index < -0.39 is 0 Å². The van der Waals surface area contributed by atoms with Crippen LogP contribution in [0.5, 0.6) is 11.5 Å². The molecule has 0 unspecified atom stereocenters. The van der Waals surface area contributed by atoms with E-state index >= 15 is 0 Å². The van der Waals surface area contributed by atoms with Gasteiger partial charge in [0, 0.05) is 11.0 Å². The van der Waals surface area contributed by atoms with Gasteiger partial charge in [-0.15, -0.1) is 0 Å². The van der Waals surface area contributed by atoms with Crippen LogP contribution < -0.4 is 9.47 Å². The Hall–Kier alpha value is -1.51. The maximum Gasteiger partial charge on any atom is 0.314 e. The molecular weight excluding hydrogens is 216 g/mol. The molecule has 2 aliphatic rings.